The zero-order chi connectivity index (χ0) is 12.7. The van der Waals surface area contributed by atoms with Crippen LogP contribution in [0.5, 0.6) is 0 Å². The van der Waals surface area contributed by atoms with Gasteiger partial charge in [0.25, 0.3) is 0 Å². The first-order chi connectivity index (χ1) is 8.13. The first kappa shape index (κ1) is 14.2. The van der Waals surface area contributed by atoms with Crippen LogP contribution in [-0.4, -0.2) is 22.4 Å². The number of aliphatic hydroxyl groups is 2. The third-order valence-corrected chi connectivity index (χ3v) is 3.30. The van der Waals surface area contributed by atoms with Crippen LogP contribution in [0, 0.1) is 0 Å². The predicted molar refractivity (Wildman–Crippen MR) is 69.6 cm³/mol. The van der Waals surface area contributed by atoms with E-state index in [1.807, 2.05) is 38.1 Å². The molecule has 0 aliphatic rings. The van der Waals surface area contributed by atoms with Gasteiger partial charge in [-0.3, -0.25) is 0 Å². The molecule has 0 saturated carbocycles. The Bertz CT molecular complexity index is 317. The van der Waals surface area contributed by atoms with E-state index < -0.39 is 5.60 Å². The molecule has 0 bridgehead atoms. The largest absolute Gasteiger partial charge is 0.392 e. The maximum absolute atomic E-state index is 10.1. The maximum Gasteiger partial charge on any atom is 0.0766 e. The van der Waals surface area contributed by atoms with E-state index in [2.05, 4.69) is 5.32 Å². The maximum atomic E-state index is 10.1. The molecule has 1 aromatic rings. The smallest absolute Gasteiger partial charge is 0.0766 e. The monoisotopic (exact) mass is 237 g/mol. The Labute approximate surface area is 103 Å². The van der Waals surface area contributed by atoms with E-state index >= 15 is 0 Å². The van der Waals surface area contributed by atoms with E-state index in [0.717, 1.165) is 30.5 Å². The molecule has 0 heterocycles. The summed E-state index contributed by atoms with van der Waals surface area (Å²) < 4.78 is 0. The van der Waals surface area contributed by atoms with Gasteiger partial charge in [0.1, 0.15) is 0 Å². The van der Waals surface area contributed by atoms with Crippen LogP contribution < -0.4 is 5.32 Å². The van der Waals surface area contributed by atoms with Gasteiger partial charge < -0.3 is 15.5 Å². The van der Waals surface area contributed by atoms with Crippen molar-refractivity contribution in [1.29, 1.82) is 0 Å². The summed E-state index contributed by atoms with van der Waals surface area (Å²) in [4.78, 5) is 0. The zero-order valence-electron chi connectivity index (χ0n) is 10.7. The highest BCUT2D eigenvalue weighted by Gasteiger charge is 2.20. The second-order valence-electron chi connectivity index (χ2n) is 4.51. The second-order valence-corrected chi connectivity index (χ2v) is 4.51. The Morgan fingerprint density at radius 2 is 1.59 bits per heavy atom. The fourth-order valence-corrected chi connectivity index (χ4v) is 1.70. The van der Waals surface area contributed by atoms with Crippen LogP contribution in [0.15, 0.2) is 24.3 Å². The Morgan fingerprint density at radius 1 is 1.06 bits per heavy atom. The summed E-state index contributed by atoms with van der Waals surface area (Å²) >= 11 is 0. The van der Waals surface area contributed by atoms with Crippen molar-refractivity contribution in [1.82, 2.24) is 5.32 Å². The third-order valence-electron chi connectivity index (χ3n) is 3.30. The molecule has 1 aromatic carbocycles. The lowest BCUT2D eigenvalue weighted by Gasteiger charge is -2.25. The molecule has 3 heteroatoms. The van der Waals surface area contributed by atoms with Crippen LogP contribution >= 0.6 is 0 Å². The number of aliphatic hydroxyl groups excluding tert-OH is 1. The topological polar surface area (TPSA) is 52.5 Å². The highest BCUT2D eigenvalue weighted by atomic mass is 16.3. The molecule has 96 valence electrons. The molecule has 0 aliphatic heterocycles. The van der Waals surface area contributed by atoms with E-state index in [9.17, 15) is 5.11 Å². The molecule has 0 unspecified atom stereocenters. The van der Waals surface area contributed by atoms with E-state index in [-0.39, 0.29) is 6.61 Å². The molecule has 0 amide bonds. The fourth-order valence-electron chi connectivity index (χ4n) is 1.70. The van der Waals surface area contributed by atoms with Gasteiger partial charge >= 0.3 is 0 Å². The van der Waals surface area contributed by atoms with Gasteiger partial charge in [-0.1, -0.05) is 38.1 Å². The third kappa shape index (κ3) is 4.46. The van der Waals surface area contributed by atoms with Gasteiger partial charge in [-0.15, -0.1) is 0 Å². The van der Waals surface area contributed by atoms with Gasteiger partial charge in [-0.2, -0.15) is 0 Å². The van der Waals surface area contributed by atoms with E-state index in [0.29, 0.717) is 6.54 Å². The molecule has 0 fully saturated rings. The number of hydrogen-bond donors (Lipinski definition) is 3. The lowest BCUT2D eigenvalue weighted by atomic mass is 9.97. The number of nitrogens with one attached hydrogen (secondary N) is 1. The molecule has 0 saturated heterocycles. The van der Waals surface area contributed by atoms with Crippen LogP contribution in [0.2, 0.25) is 0 Å². The normalized spacial score (nSPS) is 11.8. The standard InChI is InChI=1S/C14H23NO2/c1-3-14(17,4-2)11-15-9-12-5-7-13(10-16)8-6-12/h5-8,15-17H,3-4,9-11H2,1-2H3. The fraction of sp³-hybridized carbons (Fsp3) is 0.571. The first-order valence-corrected chi connectivity index (χ1v) is 6.25. The molecular weight excluding hydrogens is 214 g/mol. The average Bonchev–Trinajstić information content (AvgIpc) is 2.39. The van der Waals surface area contributed by atoms with Gasteiger partial charge in [0, 0.05) is 13.1 Å². The molecule has 1 rings (SSSR count). The van der Waals surface area contributed by atoms with Crippen LogP contribution in [0.3, 0.4) is 0 Å². The first-order valence-electron chi connectivity index (χ1n) is 6.25. The minimum absolute atomic E-state index is 0.0825. The van der Waals surface area contributed by atoms with Crippen molar-refractivity contribution < 1.29 is 10.2 Å². The zero-order valence-corrected chi connectivity index (χ0v) is 10.7. The second kappa shape index (κ2) is 6.74. The highest BCUT2D eigenvalue weighted by Crippen LogP contribution is 2.13. The van der Waals surface area contributed by atoms with E-state index in [1.165, 1.54) is 0 Å². The van der Waals surface area contributed by atoms with Crippen molar-refractivity contribution in [3.05, 3.63) is 35.4 Å². The Balaban J connectivity index is 2.40. The van der Waals surface area contributed by atoms with Crippen molar-refractivity contribution >= 4 is 0 Å². The van der Waals surface area contributed by atoms with Crippen molar-refractivity contribution in [2.24, 2.45) is 0 Å². The van der Waals surface area contributed by atoms with Gasteiger partial charge in [0.2, 0.25) is 0 Å². The number of hydrogen-bond acceptors (Lipinski definition) is 3. The Kier molecular flexibility index (Phi) is 5.62. The summed E-state index contributed by atoms with van der Waals surface area (Å²) in [6.45, 7) is 5.44. The van der Waals surface area contributed by atoms with Crippen molar-refractivity contribution in [3.63, 3.8) is 0 Å². The summed E-state index contributed by atoms with van der Waals surface area (Å²) in [7, 11) is 0. The van der Waals surface area contributed by atoms with Gasteiger partial charge in [-0.25, -0.2) is 0 Å². The lowest BCUT2D eigenvalue weighted by Crippen LogP contribution is -2.39. The van der Waals surface area contributed by atoms with E-state index in [4.69, 9.17) is 5.11 Å². The molecule has 3 nitrogen and oxygen atoms in total. The minimum Gasteiger partial charge on any atom is -0.392 e. The summed E-state index contributed by atoms with van der Waals surface area (Å²) in [6.07, 6.45) is 1.53. The quantitative estimate of drug-likeness (QED) is 0.678. The van der Waals surface area contributed by atoms with Gasteiger partial charge in [0.15, 0.2) is 0 Å². The van der Waals surface area contributed by atoms with Crippen molar-refractivity contribution in [2.45, 2.75) is 45.4 Å². The summed E-state index contributed by atoms with van der Waals surface area (Å²) in [5, 5.41) is 22.3. The molecule has 0 atom stereocenters. The van der Waals surface area contributed by atoms with Gasteiger partial charge in [0.05, 0.1) is 12.2 Å². The molecule has 0 aromatic heterocycles. The predicted octanol–water partition coefficient (Wildman–Crippen LogP) is 1.82. The SMILES string of the molecule is CCC(O)(CC)CNCc1ccc(CO)cc1. The highest BCUT2D eigenvalue weighted by molar-refractivity contribution is 5.21. The number of benzene rings is 1. The number of rotatable bonds is 7. The van der Waals surface area contributed by atoms with E-state index in [1.54, 1.807) is 0 Å². The van der Waals surface area contributed by atoms with Crippen molar-refractivity contribution in [2.75, 3.05) is 6.54 Å². The average molecular weight is 237 g/mol. The molecule has 3 N–H and O–H groups in total. The molecular formula is C14H23NO2. The van der Waals surface area contributed by atoms with Crippen LogP contribution in [0.25, 0.3) is 0 Å². The van der Waals surface area contributed by atoms with Crippen LogP contribution in [-0.2, 0) is 13.2 Å². The summed E-state index contributed by atoms with van der Waals surface area (Å²) in [5.41, 5.74) is 1.49. The lowest BCUT2D eigenvalue weighted by molar-refractivity contribution is 0.0323. The van der Waals surface area contributed by atoms with Crippen molar-refractivity contribution in [3.8, 4) is 0 Å². The Hall–Kier alpha value is -0.900. The molecule has 0 spiro atoms. The summed E-state index contributed by atoms with van der Waals surface area (Å²) in [5.74, 6) is 0. The minimum atomic E-state index is -0.592. The van der Waals surface area contributed by atoms with Crippen LogP contribution in [0.4, 0.5) is 0 Å². The molecule has 0 radical (unpaired) electrons. The molecule has 0 aliphatic carbocycles. The summed E-state index contributed by atoms with van der Waals surface area (Å²) in [6, 6.07) is 7.83. The van der Waals surface area contributed by atoms with Gasteiger partial charge in [-0.05, 0) is 24.0 Å². The Morgan fingerprint density at radius 3 is 2.06 bits per heavy atom. The van der Waals surface area contributed by atoms with Crippen LogP contribution in [0.1, 0.15) is 37.8 Å². The molecule has 17 heavy (non-hydrogen) atoms.